The molecule has 19 heteroatoms. The lowest BCUT2D eigenvalue weighted by Crippen LogP contribution is -2.30. The van der Waals surface area contributed by atoms with Crippen LogP contribution in [0.5, 0.6) is 0 Å². The zero-order chi connectivity index (χ0) is 74.6. The van der Waals surface area contributed by atoms with Crippen molar-refractivity contribution in [1.82, 2.24) is 0 Å². The maximum absolute atomic E-state index is 13.1. The number of hydrogen-bond donors (Lipinski definition) is 3. The highest BCUT2D eigenvalue weighted by molar-refractivity contribution is 7.47. The first kappa shape index (κ1) is 96.2. The summed E-state index contributed by atoms with van der Waals surface area (Å²) in [5, 5.41) is 10.6. The van der Waals surface area contributed by atoms with Crippen molar-refractivity contribution in [3.63, 3.8) is 0 Å². The monoisotopic (exact) mass is 1460 g/mol. The number of aliphatic hydroxyl groups is 1. The quantitative estimate of drug-likeness (QED) is 0.0169. The summed E-state index contributed by atoms with van der Waals surface area (Å²) in [6, 6.07) is 0. The number of aliphatic hydroxyl groups excluding tert-OH is 1. The molecular formula is C83H132O17P2. The van der Waals surface area contributed by atoms with E-state index in [1.165, 1.54) is 0 Å². The third-order valence-electron chi connectivity index (χ3n) is 14.9. The van der Waals surface area contributed by atoms with Crippen LogP contribution >= 0.6 is 15.6 Å². The van der Waals surface area contributed by atoms with Crippen LogP contribution in [0.4, 0.5) is 0 Å². The van der Waals surface area contributed by atoms with Crippen LogP contribution < -0.4 is 0 Å². The van der Waals surface area contributed by atoms with Crippen molar-refractivity contribution < 1.29 is 80.2 Å². The summed E-state index contributed by atoms with van der Waals surface area (Å²) in [7, 11) is -10.0. The van der Waals surface area contributed by atoms with E-state index in [2.05, 4.69) is 186 Å². The van der Waals surface area contributed by atoms with E-state index in [0.717, 1.165) is 180 Å². The molecule has 0 aliphatic heterocycles. The van der Waals surface area contributed by atoms with Gasteiger partial charge >= 0.3 is 39.5 Å². The maximum Gasteiger partial charge on any atom is 0.472 e. The minimum atomic E-state index is -5.01. The van der Waals surface area contributed by atoms with Gasteiger partial charge in [0, 0.05) is 19.3 Å². The van der Waals surface area contributed by atoms with Crippen LogP contribution in [0.2, 0.25) is 0 Å². The number of hydrogen-bond acceptors (Lipinski definition) is 15. The second-order valence-electron chi connectivity index (χ2n) is 24.4. The van der Waals surface area contributed by atoms with Gasteiger partial charge in [-0.2, -0.15) is 0 Å². The van der Waals surface area contributed by atoms with E-state index in [-0.39, 0.29) is 25.7 Å². The number of carbonyl (C=O) groups is 4. The Morgan fingerprint density at radius 3 is 0.843 bits per heavy atom. The summed E-state index contributed by atoms with van der Waals surface area (Å²) in [5.41, 5.74) is 0. The lowest BCUT2D eigenvalue weighted by molar-refractivity contribution is -0.161. The number of phosphoric acid groups is 2. The zero-order valence-electron chi connectivity index (χ0n) is 62.7. The second kappa shape index (κ2) is 73.5. The predicted molar refractivity (Wildman–Crippen MR) is 417 cm³/mol. The first-order chi connectivity index (χ1) is 49.7. The molecule has 576 valence electrons. The molecule has 0 aromatic carbocycles. The number of allylic oxidation sites excluding steroid dienone is 29. The highest BCUT2D eigenvalue weighted by Crippen LogP contribution is 2.45. The average molecular weight is 1460 g/mol. The Labute approximate surface area is 615 Å². The highest BCUT2D eigenvalue weighted by Gasteiger charge is 2.30. The molecule has 0 heterocycles. The van der Waals surface area contributed by atoms with E-state index in [1.807, 2.05) is 12.2 Å². The van der Waals surface area contributed by atoms with Crippen molar-refractivity contribution in [1.29, 1.82) is 0 Å². The summed E-state index contributed by atoms with van der Waals surface area (Å²) in [5.74, 6) is -2.42. The largest absolute Gasteiger partial charge is 0.472 e. The highest BCUT2D eigenvalue weighted by atomic mass is 31.2. The number of ether oxygens (including phenoxy) is 4. The molecule has 17 nitrogen and oxygen atoms in total. The molecule has 0 radical (unpaired) electrons. The fraction of sp³-hybridized carbons (Fsp3) is 0.590. The minimum Gasteiger partial charge on any atom is -0.462 e. The van der Waals surface area contributed by atoms with Crippen LogP contribution in [-0.2, 0) is 65.4 Å². The molecule has 0 aliphatic rings. The number of esters is 4. The Balaban J connectivity index is 5.50. The van der Waals surface area contributed by atoms with Gasteiger partial charge in [-0.15, -0.1) is 0 Å². The molecule has 0 amide bonds. The summed E-state index contributed by atoms with van der Waals surface area (Å²) < 4.78 is 68.3. The van der Waals surface area contributed by atoms with Crippen molar-refractivity contribution >= 4 is 39.5 Å². The van der Waals surface area contributed by atoms with E-state index in [1.54, 1.807) is 12.2 Å². The van der Waals surface area contributed by atoms with Gasteiger partial charge < -0.3 is 33.8 Å². The van der Waals surface area contributed by atoms with Crippen molar-refractivity contribution in [2.75, 3.05) is 39.6 Å². The third kappa shape index (κ3) is 72.5. The Bertz CT molecular complexity index is 2650. The molecule has 3 N–H and O–H groups in total. The Morgan fingerprint density at radius 2 is 0.520 bits per heavy atom. The van der Waals surface area contributed by atoms with Crippen LogP contribution in [0, 0.1) is 0 Å². The third-order valence-corrected chi connectivity index (χ3v) is 16.8. The van der Waals surface area contributed by atoms with Crippen molar-refractivity contribution in [3.8, 4) is 0 Å². The molecule has 0 fully saturated rings. The first-order valence-corrected chi connectivity index (χ1v) is 41.0. The normalized spacial score (nSPS) is 14.9. The molecule has 5 atom stereocenters. The van der Waals surface area contributed by atoms with Gasteiger partial charge in [-0.25, -0.2) is 9.13 Å². The fourth-order valence-corrected chi connectivity index (χ4v) is 10.8. The van der Waals surface area contributed by atoms with Crippen molar-refractivity contribution in [3.05, 3.63) is 182 Å². The van der Waals surface area contributed by atoms with Gasteiger partial charge in [-0.05, 0) is 154 Å². The topological polar surface area (TPSA) is 237 Å². The molecule has 5 unspecified atom stereocenters. The van der Waals surface area contributed by atoms with E-state index in [9.17, 15) is 43.2 Å². The molecule has 0 aromatic rings. The molecule has 0 rings (SSSR count). The molecule has 0 aliphatic carbocycles. The Hall–Kier alpha value is -5.84. The molecule has 0 aromatic heterocycles. The SMILES string of the molecule is CC/C=C\C/C=C\C/C=C\C/C=C\C/C=C\CC(=O)OC(COC(=O)CCCCCCCCC/C=C\C/C=C\C/C=C\CC)COP(=O)(O)OCC(O)COP(=O)(O)OCC(COC(=O)CCCC/C=C\C/C=C\C/C=C\C/C=C\CC)OC(=O)CCCCCCC/C=C\C/C=C\C/C=C\CC. The standard InChI is InChI=1S/C83H132O17P2/c1-5-9-13-17-21-25-29-33-37-38-42-44-48-52-56-60-64-68-81(86)94-74-79(100-83(88)70-66-62-58-54-50-46-41-36-32-28-24-20-16-12-8-4)76-98-102(91,92)96-72-77(84)71-95-101(89,90)97-75-78(99-82(87)69-65-61-57-53-49-45-40-35-31-27-23-19-15-11-7-3)73-93-80(85)67-63-59-55-51-47-43-39-34-30-26-22-18-14-10-6-2/h9-16,21-28,33-37,39-41,47,50-51,54,62,66,77-79,84H,5-8,17-20,29-32,38,42-46,48-49,52-53,55-61,63-65,67-76H2,1-4H3,(H,89,90)(H,91,92)/b13-9-,14-10-,15-11-,16-12-,25-21-,26-22-,27-23-,28-24-,37-33-,39-34-,40-35-,41-36-,51-47-,54-50-,66-62-. The van der Waals surface area contributed by atoms with E-state index in [4.69, 9.17) is 37.0 Å². The molecule has 0 saturated carbocycles. The molecule has 0 spiro atoms. The van der Waals surface area contributed by atoms with Crippen LogP contribution in [-0.4, -0.2) is 96.7 Å². The summed E-state index contributed by atoms with van der Waals surface area (Å²) in [6.07, 6.45) is 87.8. The Kier molecular flexibility index (Phi) is 69.3. The van der Waals surface area contributed by atoms with Gasteiger partial charge in [-0.3, -0.25) is 37.3 Å². The van der Waals surface area contributed by atoms with Crippen LogP contribution in [0.25, 0.3) is 0 Å². The lowest BCUT2D eigenvalue weighted by atomic mass is 10.1. The lowest BCUT2D eigenvalue weighted by Gasteiger charge is -2.21. The van der Waals surface area contributed by atoms with E-state index in [0.29, 0.717) is 25.7 Å². The summed E-state index contributed by atoms with van der Waals surface area (Å²) >= 11 is 0. The first-order valence-electron chi connectivity index (χ1n) is 38.0. The second-order valence-corrected chi connectivity index (χ2v) is 27.3. The van der Waals surface area contributed by atoms with Gasteiger partial charge in [0.2, 0.25) is 0 Å². The molecule has 0 bridgehead atoms. The predicted octanol–water partition coefficient (Wildman–Crippen LogP) is 22.0. The average Bonchev–Trinajstić information content (AvgIpc) is 0.919. The van der Waals surface area contributed by atoms with E-state index >= 15 is 0 Å². The molecule has 102 heavy (non-hydrogen) atoms. The van der Waals surface area contributed by atoms with Crippen LogP contribution in [0.15, 0.2) is 182 Å². The van der Waals surface area contributed by atoms with Crippen molar-refractivity contribution in [2.45, 2.75) is 277 Å². The summed E-state index contributed by atoms with van der Waals surface area (Å²) in [6.45, 7) is 4.19. The van der Waals surface area contributed by atoms with Gasteiger partial charge in [0.25, 0.3) is 0 Å². The maximum atomic E-state index is 13.1. The van der Waals surface area contributed by atoms with Gasteiger partial charge in [0.1, 0.15) is 19.3 Å². The minimum absolute atomic E-state index is 0.0567. The zero-order valence-corrected chi connectivity index (χ0v) is 64.5. The molecule has 0 saturated heterocycles. The van der Waals surface area contributed by atoms with Gasteiger partial charge in [-0.1, -0.05) is 261 Å². The fourth-order valence-electron chi connectivity index (χ4n) is 9.25. The smallest absolute Gasteiger partial charge is 0.462 e. The number of rotatable bonds is 69. The van der Waals surface area contributed by atoms with E-state index < -0.39 is 97.5 Å². The van der Waals surface area contributed by atoms with Gasteiger partial charge in [0.15, 0.2) is 12.2 Å². The Morgan fingerprint density at radius 1 is 0.284 bits per heavy atom. The van der Waals surface area contributed by atoms with Crippen molar-refractivity contribution in [2.24, 2.45) is 0 Å². The molecular weight excluding hydrogens is 1330 g/mol. The summed E-state index contributed by atoms with van der Waals surface area (Å²) in [4.78, 5) is 72.8. The van der Waals surface area contributed by atoms with Crippen LogP contribution in [0.3, 0.4) is 0 Å². The number of carbonyl (C=O) groups excluding carboxylic acids is 4. The van der Waals surface area contributed by atoms with Gasteiger partial charge in [0.05, 0.1) is 32.8 Å². The number of unbranched alkanes of at least 4 members (excludes halogenated alkanes) is 14. The number of phosphoric ester groups is 2. The van der Waals surface area contributed by atoms with Crippen LogP contribution in [0.1, 0.15) is 259 Å².